The van der Waals surface area contributed by atoms with Gasteiger partial charge in [-0.2, -0.15) is 0 Å². The molecule has 0 amide bonds. The van der Waals surface area contributed by atoms with E-state index in [2.05, 4.69) is 46.3 Å². The first kappa shape index (κ1) is 20.0. The Hall–Kier alpha value is -1.02. The number of halogens is 1. The lowest BCUT2D eigenvalue weighted by molar-refractivity contribution is 0.295. The SMILES string of the molecule is CN=C(NCC(c1ccc(OC)cc1)N(C)C)N1CCCC1.I. The van der Waals surface area contributed by atoms with Gasteiger partial charge in [0.25, 0.3) is 0 Å². The van der Waals surface area contributed by atoms with Crippen LogP contribution in [0.5, 0.6) is 5.75 Å². The summed E-state index contributed by atoms with van der Waals surface area (Å²) in [4.78, 5) is 8.98. The number of aliphatic imine (C=N–C) groups is 1. The number of benzene rings is 1. The quantitative estimate of drug-likeness (QED) is 0.441. The molecule has 0 spiro atoms. The minimum Gasteiger partial charge on any atom is -0.497 e. The van der Waals surface area contributed by atoms with E-state index in [9.17, 15) is 0 Å². The smallest absolute Gasteiger partial charge is 0.193 e. The molecule has 1 aliphatic heterocycles. The third kappa shape index (κ3) is 5.53. The summed E-state index contributed by atoms with van der Waals surface area (Å²) < 4.78 is 5.24. The summed E-state index contributed by atoms with van der Waals surface area (Å²) in [5, 5.41) is 3.52. The molecular formula is C17H29IN4O. The summed E-state index contributed by atoms with van der Waals surface area (Å²) in [6.45, 7) is 3.05. The van der Waals surface area contributed by atoms with Crippen LogP contribution in [0.1, 0.15) is 24.4 Å². The fourth-order valence-corrected chi connectivity index (χ4v) is 2.87. The number of nitrogens with one attached hydrogen (secondary N) is 1. The van der Waals surface area contributed by atoms with Gasteiger partial charge in [0.05, 0.1) is 13.2 Å². The van der Waals surface area contributed by atoms with E-state index in [0.29, 0.717) is 6.04 Å². The lowest BCUT2D eigenvalue weighted by atomic mass is 10.1. The van der Waals surface area contributed by atoms with E-state index in [-0.39, 0.29) is 24.0 Å². The first-order valence-electron chi connectivity index (χ1n) is 7.91. The second-order valence-electron chi connectivity index (χ2n) is 5.87. The fourth-order valence-electron chi connectivity index (χ4n) is 2.87. The topological polar surface area (TPSA) is 40.1 Å². The van der Waals surface area contributed by atoms with E-state index >= 15 is 0 Å². The van der Waals surface area contributed by atoms with E-state index in [1.165, 1.54) is 18.4 Å². The van der Waals surface area contributed by atoms with Crippen LogP contribution in [0.3, 0.4) is 0 Å². The maximum atomic E-state index is 5.24. The van der Waals surface area contributed by atoms with Gasteiger partial charge in [0.2, 0.25) is 0 Å². The average molecular weight is 432 g/mol. The third-order valence-electron chi connectivity index (χ3n) is 4.19. The zero-order valence-corrected chi connectivity index (χ0v) is 16.9. The summed E-state index contributed by atoms with van der Waals surface area (Å²) >= 11 is 0. The Morgan fingerprint density at radius 1 is 1.26 bits per heavy atom. The molecule has 0 bridgehead atoms. The van der Waals surface area contributed by atoms with Gasteiger partial charge in [-0.3, -0.25) is 4.99 Å². The van der Waals surface area contributed by atoms with E-state index in [1.807, 2.05) is 19.2 Å². The molecule has 1 aliphatic rings. The molecular weight excluding hydrogens is 403 g/mol. The summed E-state index contributed by atoms with van der Waals surface area (Å²) in [6.07, 6.45) is 2.52. The maximum absolute atomic E-state index is 5.24. The molecule has 1 saturated heterocycles. The fraction of sp³-hybridized carbons (Fsp3) is 0.588. The second-order valence-corrected chi connectivity index (χ2v) is 5.87. The van der Waals surface area contributed by atoms with Gasteiger partial charge < -0.3 is 19.9 Å². The van der Waals surface area contributed by atoms with Crippen molar-refractivity contribution in [2.75, 3.05) is 47.9 Å². The molecule has 5 nitrogen and oxygen atoms in total. The molecule has 1 fully saturated rings. The van der Waals surface area contributed by atoms with Crippen LogP contribution in [-0.2, 0) is 0 Å². The monoisotopic (exact) mass is 432 g/mol. The predicted octanol–water partition coefficient (Wildman–Crippen LogP) is 2.59. The Labute approximate surface area is 157 Å². The first-order chi connectivity index (χ1) is 10.7. The number of hydrogen-bond acceptors (Lipinski definition) is 3. The van der Waals surface area contributed by atoms with Gasteiger partial charge in [-0.15, -0.1) is 24.0 Å². The lowest BCUT2D eigenvalue weighted by Crippen LogP contribution is -2.43. The number of likely N-dealkylation sites (tertiary alicyclic amines) is 1. The highest BCUT2D eigenvalue weighted by molar-refractivity contribution is 14.0. The van der Waals surface area contributed by atoms with Crippen molar-refractivity contribution in [2.45, 2.75) is 18.9 Å². The Kier molecular flexibility index (Phi) is 8.68. The molecule has 2 rings (SSSR count). The predicted molar refractivity (Wildman–Crippen MR) is 107 cm³/mol. The van der Waals surface area contributed by atoms with Gasteiger partial charge in [0.1, 0.15) is 5.75 Å². The standard InChI is InChI=1S/C17H28N4O.HI/c1-18-17(21-11-5-6-12-21)19-13-16(20(2)3)14-7-9-15(22-4)10-8-14;/h7-10,16H,5-6,11-13H2,1-4H3,(H,18,19);1H. The van der Waals surface area contributed by atoms with Crippen molar-refractivity contribution >= 4 is 29.9 Å². The molecule has 1 unspecified atom stereocenters. The Morgan fingerprint density at radius 2 is 1.87 bits per heavy atom. The molecule has 1 aromatic rings. The molecule has 0 saturated carbocycles. The summed E-state index contributed by atoms with van der Waals surface area (Å²) in [5.41, 5.74) is 1.27. The third-order valence-corrected chi connectivity index (χ3v) is 4.19. The molecule has 130 valence electrons. The van der Waals surface area contributed by atoms with Gasteiger partial charge in [0.15, 0.2) is 5.96 Å². The van der Waals surface area contributed by atoms with Gasteiger partial charge >= 0.3 is 0 Å². The molecule has 1 heterocycles. The Bertz CT molecular complexity index is 484. The second kappa shape index (κ2) is 9.97. The van der Waals surface area contributed by atoms with E-state index in [4.69, 9.17) is 4.74 Å². The number of guanidine groups is 1. The van der Waals surface area contributed by atoms with Gasteiger partial charge in [0, 0.05) is 26.7 Å². The van der Waals surface area contributed by atoms with E-state index in [0.717, 1.165) is 31.3 Å². The molecule has 1 atom stereocenters. The van der Waals surface area contributed by atoms with Gasteiger partial charge in [-0.1, -0.05) is 12.1 Å². The minimum absolute atomic E-state index is 0. The molecule has 1 N–H and O–H groups in total. The van der Waals surface area contributed by atoms with Crippen LogP contribution in [0.15, 0.2) is 29.3 Å². The Balaban J connectivity index is 0.00000264. The van der Waals surface area contributed by atoms with Crippen molar-refractivity contribution < 1.29 is 4.74 Å². The van der Waals surface area contributed by atoms with Crippen LogP contribution in [0.4, 0.5) is 0 Å². The van der Waals surface area contributed by atoms with Crippen molar-refractivity contribution in [3.8, 4) is 5.75 Å². The summed E-state index contributed by atoms with van der Waals surface area (Å²) in [7, 11) is 7.77. The zero-order valence-electron chi connectivity index (χ0n) is 14.6. The summed E-state index contributed by atoms with van der Waals surface area (Å²) in [5.74, 6) is 1.90. The Morgan fingerprint density at radius 3 is 2.35 bits per heavy atom. The first-order valence-corrected chi connectivity index (χ1v) is 7.91. The van der Waals surface area contributed by atoms with Gasteiger partial charge in [-0.25, -0.2) is 0 Å². The van der Waals surface area contributed by atoms with Crippen LogP contribution in [0.2, 0.25) is 0 Å². The van der Waals surface area contributed by atoms with Crippen molar-refractivity contribution in [3.05, 3.63) is 29.8 Å². The lowest BCUT2D eigenvalue weighted by Gasteiger charge is -2.28. The van der Waals surface area contributed by atoms with Gasteiger partial charge in [-0.05, 0) is 44.6 Å². The van der Waals surface area contributed by atoms with Crippen LogP contribution in [0.25, 0.3) is 0 Å². The highest BCUT2D eigenvalue weighted by Crippen LogP contribution is 2.21. The molecule has 0 radical (unpaired) electrons. The van der Waals surface area contributed by atoms with Crippen molar-refractivity contribution in [1.29, 1.82) is 0 Å². The highest BCUT2D eigenvalue weighted by atomic mass is 127. The number of ether oxygens (including phenoxy) is 1. The normalized spacial score (nSPS) is 16.2. The van der Waals surface area contributed by atoms with Crippen molar-refractivity contribution in [1.82, 2.24) is 15.1 Å². The van der Waals surface area contributed by atoms with E-state index < -0.39 is 0 Å². The molecule has 0 aliphatic carbocycles. The van der Waals surface area contributed by atoms with Crippen LogP contribution >= 0.6 is 24.0 Å². The number of nitrogens with zero attached hydrogens (tertiary/aromatic N) is 3. The van der Waals surface area contributed by atoms with Crippen LogP contribution < -0.4 is 10.1 Å². The molecule has 0 aromatic heterocycles. The maximum Gasteiger partial charge on any atom is 0.193 e. The number of rotatable bonds is 5. The summed E-state index contributed by atoms with van der Waals surface area (Å²) in [6, 6.07) is 8.58. The number of likely N-dealkylation sites (N-methyl/N-ethyl adjacent to an activating group) is 1. The number of hydrogen-bond donors (Lipinski definition) is 1. The van der Waals surface area contributed by atoms with Crippen molar-refractivity contribution in [2.24, 2.45) is 4.99 Å². The molecule has 1 aromatic carbocycles. The molecule has 6 heteroatoms. The van der Waals surface area contributed by atoms with Crippen LogP contribution in [-0.4, -0.2) is 63.6 Å². The van der Waals surface area contributed by atoms with E-state index in [1.54, 1.807) is 7.11 Å². The number of methoxy groups -OCH3 is 1. The largest absolute Gasteiger partial charge is 0.497 e. The zero-order chi connectivity index (χ0) is 15.9. The highest BCUT2D eigenvalue weighted by Gasteiger charge is 2.19. The minimum atomic E-state index is 0. The van der Waals surface area contributed by atoms with Crippen LogP contribution in [0, 0.1) is 0 Å². The van der Waals surface area contributed by atoms with Crippen molar-refractivity contribution in [3.63, 3.8) is 0 Å². The average Bonchev–Trinajstić information content (AvgIpc) is 3.06. The molecule has 23 heavy (non-hydrogen) atoms.